The number of allylic oxidation sites excluding steroid dienone is 6. The van der Waals surface area contributed by atoms with Gasteiger partial charge in [-0.3, -0.25) is 0 Å². The van der Waals surface area contributed by atoms with Gasteiger partial charge in [0.15, 0.2) is 0 Å². The van der Waals surface area contributed by atoms with Crippen molar-refractivity contribution in [2.24, 2.45) is 0 Å². The average Bonchev–Trinajstić information content (AvgIpc) is 2.07. The predicted octanol–water partition coefficient (Wildman–Crippen LogP) is 4.67. The highest BCUT2D eigenvalue weighted by atomic mass is 13.9. The van der Waals surface area contributed by atoms with Gasteiger partial charge in [-0.2, -0.15) is 0 Å². The van der Waals surface area contributed by atoms with Gasteiger partial charge >= 0.3 is 0 Å². The topological polar surface area (TPSA) is 0 Å². The maximum absolute atomic E-state index is 3.78. The van der Waals surface area contributed by atoms with Gasteiger partial charge in [-0.15, -0.1) is 6.58 Å². The molecule has 0 spiro atoms. The van der Waals surface area contributed by atoms with Crippen molar-refractivity contribution in [2.75, 3.05) is 0 Å². The van der Waals surface area contributed by atoms with E-state index in [9.17, 15) is 0 Å². The van der Waals surface area contributed by atoms with Gasteiger partial charge in [-0.25, -0.2) is 0 Å². The van der Waals surface area contributed by atoms with Crippen LogP contribution < -0.4 is 0 Å². The summed E-state index contributed by atoms with van der Waals surface area (Å²) in [6.07, 6.45) is 9.13. The van der Waals surface area contributed by atoms with Crippen molar-refractivity contribution in [3.63, 3.8) is 0 Å². The lowest BCUT2D eigenvalue weighted by Gasteiger charge is -1.92. The Labute approximate surface area is 83.4 Å². The van der Waals surface area contributed by atoms with Crippen molar-refractivity contribution < 1.29 is 0 Å². The molecule has 0 aromatic heterocycles. The fraction of sp³-hybridized carbons (Fsp3) is 0.385. The van der Waals surface area contributed by atoms with E-state index < -0.39 is 0 Å². The lowest BCUT2D eigenvalue weighted by Crippen LogP contribution is -1.72. The second kappa shape index (κ2) is 11.0. The number of rotatable bonds is 3. The molecule has 0 unspecified atom stereocenters. The monoisotopic (exact) mass is 178 g/mol. The average molecular weight is 178 g/mol. The summed E-state index contributed by atoms with van der Waals surface area (Å²) < 4.78 is 0. The summed E-state index contributed by atoms with van der Waals surface area (Å²) >= 11 is 0. The molecule has 0 aliphatic rings. The third kappa shape index (κ3) is 13.9. The van der Waals surface area contributed by atoms with Crippen molar-refractivity contribution >= 4 is 0 Å². The summed E-state index contributed by atoms with van der Waals surface area (Å²) in [6.45, 7) is 15.2. The molecule has 0 aliphatic carbocycles. The summed E-state index contributed by atoms with van der Waals surface area (Å²) in [5.74, 6) is 0. The quantitative estimate of drug-likeness (QED) is 0.435. The first-order chi connectivity index (χ1) is 6.12. The van der Waals surface area contributed by atoms with Crippen LogP contribution in [0.2, 0.25) is 0 Å². The Balaban J connectivity index is 0. The standard InChI is InChI=1S/C10H16.C3H6/c1-5-10(6-2)8-7-9(3)4;1-3-2/h5,7-8H,3,6H2,1-2,4H3;3H,1H2,2H3/b8-7-,10-5-;. The molecule has 0 amide bonds. The van der Waals surface area contributed by atoms with Gasteiger partial charge in [0.25, 0.3) is 0 Å². The van der Waals surface area contributed by atoms with Crippen LogP contribution in [-0.2, 0) is 0 Å². The zero-order valence-electron chi connectivity index (χ0n) is 9.43. The van der Waals surface area contributed by atoms with E-state index in [1.807, 2.05) is 19.9 Å². The molecule has 0 aromatic carbocycles. The van der Waals surface area contributed by atoms with Crippen molar-refractivity contribution in [1.29, 1.82) is 0 Å². The predicted molar refractivity (Wildman–Crippen MR) is 63.9 cm³/mol. The molecule has 0 saturated heterocycles. The van der Waals surface area contributed by atoms with Crippen LogP contribution in [-0.4, -0.2) is 0 Å². The van der Waals surface area contributed by atoms with Crippen LogP contribution in [0.15, 0.2) is 48.6 Å². The van der Waals surface area contributed by atoms with Gasteiger partial charge in [0.05, 0.1) is 0 Å². The molecular weight excluding hydrogens is 156 g/mol. The Morgan fingerprint density at radius 2 is 1.69 bits per heavy atom. The molecule has 0 N–H and O–H groups in total. The zero-order chi connectivity index (χ0) is 10.7. The number of hydrogen-bond donors (Lipinski definition) is 0. The summed E-state index contributed by atoms with van der Waals surface area (Å²) in [5.41, 5.74) is 2.47. The van der Waals surface area contributed by atoms with Crippen LogP contribution in [0.25, 0.3) is 0 Å². The second-order valence-corrected chi connectivity index (χ2v) is 2.81. The fourth-order valence-electron chi connectivity index (χ4n) is 0.667. The molecule has 0 heteroatoms. The zero-order valence-corrected chi connectivity index (χ0v) is 9.43. The lowest BCUT2D eigenvalue weighted by molar-refractivity contribution is 1.14. The van der Waals surface area contributed by atoms with E-state index in [1.165, 1.54) is 5.57 Å². The van der Waals surface area contributed by atoms with E-state index in [2.05, 4.69) is 39.2 Å². The van der Waals surface area contributed by atoms with Gasteiger partial charge in [-0.05, 0) is 27.2 Å². The summed E-state index contributed by atoms with van der Waals surface area (Å²) in [7, 11) is 0. The number of hydrogen-bond acceptors (Lipinski definition) is 0. The Morgan fingerprint density at radius 1 is 1.23 bits per heavy atom. The highest BCUT2D eigenvalue weighted by molar-refractivity contribution is 5.24. The summed E-state index contributed by atoms with van der Waals surface area (Å²) in [5, 5.41) is 0. The maximum atomic E-state index is 3.78. The Hall–Kier alpha value is -1.04. The minimum Gasteiger partial charge on any atom is -0.103 e. The van der Waals surface area contributed by atoms with Crippen molar-refractivity contribution in [1.82, 2.24) is 0 Å². The Bertz CT molecular complexity index is 192. The van der Waals surface area contributed by atoms with E-state index in [0.29, 0.717) is 0 Å². The van der Waals surface area contributed by atoms with Crippen LogP contribution in [0.4, 0.5) is 0 Å². The van der Waals surface area contributed by atoms with Crippen molar-refractivity contribution in [3.05, 3.63) is 48.6 Å². The van der Waals surface area contributed by atoms with Gasteiger partial charge in [0.1, 0.15) is 0 Å². The van der Waals surface area contributed by atoms with E-state index in [4.69, 9.17) is 0 Å². The highest BCUT2D eigenvalue weighted by Crippen LogP contribution is 2.03. The first kappa shape index (κ1) is 14.5. The van der Waals surface area contributed by atoms with Crippen molar-refractivity contribution in [3.8, 4) is 0 Å². The first-order valence-corrected chi connectivity index (χ1v) is 4.68. The van der Waals surface area contributed by atoms with Gasteiger partial charge in [0.2, 0.25) is 0 Å². The maximum Gasteiger partial charge on any atom is -0.0311 e. The SMILES string of the molecule is C=C(C)/C=C\C(=C/C)CC.C=CC. The molecule has 0 nitrogen and oxygen atoms in total. The fourth-order valence-corrected chi connectivity index (χ4v) is 0.667. The van der Waals surface area contributed by atoms with Crippen LogP contribution in [0.1, 0.15) is 34.1 Å². The highest BCUT2D eigenvalue weighted by Gasteiger charge is 1.82. The third-order valence-electron chi connectivity index (χ3n) is 1.36. The Morgan fingerprint density at radius 3 is 1.92 bits per heavy atom. The summed E-state index contributed by atoms with van der Waals surface area (Å²) in [6, 6.07) is 0. The van der Waals surface area contributed by atoms with Gasteiger partial charge < -0.3 is 0 Å². The lowest BCUT2D eigenvalue weighted by atomic mass is 10.1. The molecule has 0 rings (SSSR count). The molecule has 0 radical (unpaired) electrons. The normalized spacial score (nSPS) is 10.6. The van der Waals surface area contributed by atoms with E-state index in [-0.39, 0.29) is 0 Å². The van der Waals surface area contributed by atoms with E-state index in [0.717, 1.165) is 12.0 Å². The minimum absolute atomic E-state index is 1.10. The molecule has 0 heterocycles. The molecular formula is C13H22. The molecule has 0 atom stereocenters. The molecule has 0 aliphatic heterocycles. The molecule has 74 valence electrons. The van der Waals surface area contributed by atoms with Crippen molar-refractivity contribution in [2.45, 2.75) is 34.1 Å². The molecule has 0 aromatic rings. The molecule has 0 saturated carbocycles. The van der Waals surface area contributed by atoms with Crippen LogP contribution in [0, 0.1) is 0 Å². The third-order valence-corrected chi connectivity index (χ3v) is 1.36. The van der Waals surface area contributed by atoms with E-state index in [1.54, 1.807) is 6.08 Å². The summed E-state index contributed by atoms with van der Waals surface area (Å²) in [4.78, 5) is 0. The molecule has 0 fully saturated rings. The Kier molecular flexibility index (Phi) is 12.2. The largest absolute Gasteiger partial charge is 0.103 e. The first-order valence-electron chi connectivity index (χ1n) is 4.68. The molecule has 13 heavy (non-hydrogen) atoms. The van der Waals surface area contributed by atoms with E-state index >= 15 is 0 Å². The smallest absolute Gasteiger partial charge is 0.0311 e. The second-order valence-electron chi connectivity index (χ2n) is 2.81. The molecule has 0 bridgehead atoms. The minimum atomic E-state index is 1.10. The van der Waals surface area contributed by atoms with Gasteiger partial charge in [-0.1, -0.05) is 49.0 Å². The van der Waals surface area contributed by atoms with Crippen LogP contribution >= 0.6 is 0 Å². The van der Waals surface area contributed by atoms with Crippen LogP contribution in [0.5, 0.6) is 0 Å². The van der Waals surface area contributed by atoms with Gasteiger partial charge in [0, 0.05) is 0 Å². The van der Waals surface area contributed by atoms with Crippen LogP contribution in [0.3, 0.4) is 0 Å².